The second kappa shape index (κ2) is 7.04. The number of thiazole rings is 1. The van der Waals surface area contributed by atoms with Crippen LogP contribution in [-0.4, -0.2) is 22.6 Å². The molecule has 98 valence electrons. The molecule has 2 rings (SSSR count). The van der Waals surface area contributed by atoms with E-state index in [9.17, 15) is 4.79 Å². The topological polar surface area (TPSA) is 62.2 Å². The normalized spacial score (nSPS) is 9.74. The molecule has 0 aliphatic carbocycles. The molecule has 0 spiro atoms. The minimum absolute atomic E-state index is 0.0551. The highest BCUT2D eigenvalue weighted by molar-refractivity contribution is 7.14. The lowest BCUT2D eigenvalue weighted by Crippen LogP contribution is -2.21. The molecule has 2 aromatic rings. The molecule has 0 aliphatic heterocycles. The monoisotopic (exact) mass is 292 g/mol. The molecule has 19 heavy (non-hydrogen) atoms. The van der Waals surface area contributed by atoms with Crippen molar-refractivity contribution in [2.45, 2.75) is 13.0 Å². The summed E-state index contributed by atoms with van der Waals surface area (Å²) in [6, 6.07) is 3.57. The second-order valence-electron chi connectivity index (χ2n) is 3.55. The van der Waals surface area contributed by atoms with Crippen molar-refractivity contribution in [1.82, 2.24) is 10.3 Å². The maximum atomic E-state index is 11.9. The summed E-state index contributed by atoms with van der Waals surface area (Å²) in [7, 11) is 0. The number of nitrogens with one attached hydrogen (secondary N) is 1. The summed E-state index contributed by atoms with van der Waals surface area (Å²) in [4.78, 5) is 17.4. The predicted octanol–water partition coefficient (Wildman–Crippen LogP) is 1.87. The first-order valence-corrected chi connectivity index (χ1v) is 7.35. The number of aromatic nitrogens is 1. The number of aliphatic hydroxyl groups is 1. The average Bonchev–Trinajstić information content (AvgIpc) is 3.07. The minimum atomic E-state index is -0.115. The summed E-state index contributed by atoms with van der Waals surface area (Å²) >= 11 is 2.85. The first kappa shape index (κ1) is 13.7. The van der Waals surface area contributed by atoms with Crippen LogP contribution >= 0.6 is 22.7 Å². The van der Waals surface area contributed by atoms with E-state index < -0.39 is 0 Å². The third kappa shape index (κ3) is 4.17. The van der Waals surface area contributed by atoms with Crippen molar-refractivity contribution in [3.63, 3.8) is 0 Å². The molecular weight excluding hydrogens is 280 g/mol. The van der Waals surface area contributed by atoms with Gasteiger partial charge in [0.05, 0.1) is 22.9 Å². The number of amides is 1. The van der Waals surface area contributed by atoms with Crippen molar-refractivity contribution in [2.24, 2.45) is 0 Å². The Hall–Kier alpha value is -1.68. The largest absolute Gasteiger partial charge is 0.395 e. The average molecular weight is 292 g/mol. The molecule has 6 heteroatoms. The standard InChI is InChI=1S/C13H12N2O2S2/c16-7-2-1-3-10-4-5-11(19-10)13(17)15-9-12-14-6-8-18-12/h4-6,8,16H,2,7,9H2,(H,15,17). The Labute approximate surface area is 119 Å². The fraction of sp³-hybridized carbons (Fsp3) is 0.231. The van der Waals surface area contributed by atoms with Crippen LogP contribution in [0.15, 0.2) is 23.7 Å². The lowest BCUT2D eigenvalue weighted by molar-refractivity contribution is 0.0955. The Morgan fingerprint density at radius 1 is 1.47 bits per heavy atom. The van der Waals surface area contributed by atoms with E-state index in [0.29, 0.717) is 17.8 Å². The summed E-state index contributed by atoms with van der Waals surface area (Å²) in [5, 5.41) is 14.2. The zero-order valence-corrected chi connectivity index (χ0v) is 11.7. The molecule has 0 atom stereocenters. The molecule has 0 radical (unpaired) electrons. The zero-order chi connectivity index (χ0) is 13.5. The van der Waals surface area contributed by atoms with Gasteiger partial charge in [-0.25, -0.2) is 4.98 Å². The number of rotatable bonds is 4. The Morgan fingerprint density at radius 3 is 3.11 bits per heavy atom. The quantitative estimate of drug-likeness (QED) is 0.846. The lowest BCUT2D eigenvalue weighted by Gasteiger charge is -1.99. The molecule has 0 saturated heterocycles. The minimum Gasteiger partial charge on any atom is -0.395 e. The van der Waals surface area contributed by atoms with Crippen LogP contribution in [0.2, 0.25) is 0 Å². The van der Waals surface area contributed by atoms with Gasteiger partial charge in [-0.05, 0) is 12.1 Å². The fourth-order valence-corrected chi connectivity index (χ4v) is 2.67. The SMILES string of the molecule is O=C(NCc1nccs1)c1ccc(C#CCCO)s1. The zero-order valence-electron chi connectivity index (χ0n) is 10.0. The molecule has 0 aromatic carbocycles. The van der Waals surface area contributed by atoms with E-state index in [1.807, 2.05) is 11.4 Å². The number of hydrogen-bond acceptors (Lipinski definition) is 5. The molecule has 0 aliphatic rings. The van der Waals surface area contributed by atoms with E-state index in [1.54, 1.807) is 12.3 Å². The summed E-state index contributed by atoms with van der Waals surface area (Å²) in [5.74, 6) is 5.62. The third-order valence-corrected chi connectivity index (χ3v) is 3.94. The Kier molecular flexibility index (Phi) is 5.10. The van der Waals surface area contributed by atoms with Gasteiger partial charge in [0.1, 0.15) is 5.01 Å². The number of hydrogen-bond donors (Lipinski definition) is 2. The van der Waals surface area contributed by atoms with Crippen LogP contribution in [-0.2, 0) is 6.54 Å². The Bertz CT molecular complexity index is 594. The maximum Gasteiger partial charge on any atom is 0.261 e. The van der Waals surface area contributed by atoms with E-state index in [0.717, 1.165) is 9.88 Å². The van der Waals surface area contributed by atoms with Gasteiger partial charge in [-0.15, -0.1) is 22.7 Å². The van der Waals surface area contributed by atoms with Gasteiger partial charge >= 0.3 is 0 Å². The summed E-state index contributed by atoms with van der Waals surface area (Å²) in [6.07, 6.45) is 2.16. The van der Waals surface area contributed by atoms with E-state index in [4.69, 9.17) is 5.11 Å². The van der Waals surface area contributed by atoms with Gasteiger partial charge in [0.25, 0.3) is 5.91 Å². The van der Waals surface area contributed by atoms with Crippen LogP contribution in [0.4, 0.5) is 0 Å². The van der Waals surface area contributed by atoms with Crippen molar-refractivity contribution in [3.05, 3.63) is 38.5 Å². The van der Waals surface area contributed by atoms with Crippen molar-refractivity contribution >= 4 is 28.6 Å². The molecule has 2 N–H and O–H groups in total. The van der Waals surface area contributed by atoms with Crippen LogP contribution in [0.5, 0.6) is 0 Å². The van der Waals surface area contributed by atoms with Crippen LogP contribution in [0.3, 0.4) is 0 Å². The summed E-state index contributed by atoms with van der Waals surface area (Å²) < 4.78 is 0. The lowest BCUT2D eigenvalue weighted by atomic mass is 10.4. The fourth-order valence-electron chi connectivity index (χ4n) is 1.32. The molecule has 2 heterocycles. The van der Waals surface area contributed by atoms with E-state index in [-0.39, 0.29) is 12.5 Å². The van der Waals surface area contributed by atoms with Gasteiger partial charge in [-0.2, -0.15) is 0 Å². The molecule has 0 fully saturated rings. The highest BCUT2D eigenvalue weighted by atomic mass is 32.1. The van der Waals surface area contributed by atoms with E-state index in [1.165, 1.54) is 22.7 Å². The molecule has 0 saturated carbocycles. The highest BCUT2D eigenvalue weighted by Gasteiger charge is 2.08. The molecule has 0 bridgehead atoms. The van der Waals surface area contributed by atoms with Crippen molar-refractivity contribution < 1.29 is 9.90 Å². The maximum absolute atomic E-state index is 11.9. The van der Waals surface area contributed by atoms with Gasteiger partial charge in [0.2, 0.25) is 0 Å². The van der Waals surface area contributed by atoms with E-state index >= 15 is 0 Å². The van der Waals surface area contributed by atoms with Gasteiger partial charge in [-0.3, -0.25) is 4.79 Å². The molecular formula is C13H12N2O2S2. The number of carbonyl (C=O) groups is 1. The highest BCUT2D eigenvalue weighted by Crippen LogP contribution is 2.15. The van der Waals surface area contributed by atoms with Crippen LogP contribution in [0.1, 0.15) is 26.0 Å². The second-order valence-corrected chi connectivity index (χ2v) is 5.61. The summed E-state index contributed by atoms with van der Waals surface area (Å²) in [6.45, 7) is 0.499. The Morgan fingerprint density at radius 2 is 2.37 bits per heavy atom. The van der Waals surface area contributed by atoms with Crippen LogP contribution in [0.25, 0.3) is 0 Å². The third-order valence-electron chi connectivity index (χ3n) is 2.16. The molecule has 0 unspecified atom stereocenters. The van der Waals surface area contributed by atoms with Crippen molar-refractivity contribution in [1.29, 1.82) is 0 Å². The van der Waals surface area contributed by atoms with Gasteiger partial charge in [0.15, 0.2) is 0 Å². The van der Waals surface area contributed by atoms with E-state index in [2.05, 4.69) is 22.1 Å². The van der Waals surface area contributed by atoms with Gasteiger partial charge < -0.3 is 10.4 Å². The molecule has 1 amide bonds. The predicted molar refractivity (Wildman–Crippen MR) is 76.2 cm³/mol. The number of thiophene rings is 1. The molecule has 2 aromatic heterocycles. The first-order valence-electron chi connectivity index (χ1n) is 5.65. The number of carbonyl (C=O) groups excluding carboxylic acids is 1. The van der Waals surface area contributed by atoms with Crippen molar-refractivity contribution in [2.75, 3.05) is 6.61 Å². The van der Waals surface area contributed by atoms with Gasteiger partial charge in [-0.1, -0.05) is 11.8 Å². The number of aliphatic hydroxyl groups excluding tert-OH is 1. The van der Waals surface area contributed by atoms with Crippen molar-refractivity contribution in [3.8, 4) is 11.8 Å². The van der Waals surface area contributed by atoms with Gasteiger partial charge in [0, 0.05) is 18.0 Å². The summed E-state index contributed by atoms with van der Waals surface area (Å²) in [5.41, 5.74) is 0. The first-order chi connectivity index (χ1) is 9.29. The smallest absolute Gasteiger partial charge is 0.261 e. The Balaban J connectivity index is 1.91. The van der Waals surface area contributed by atoms with Crippen LogP contribution < -0.4 is 5.32 Å². The molecule has 4 nitrogen and oxygen atoms in total. The number of nitrogens with zero attached hydrogens (tertiary/aromatic N) is 1. The van der Waals surface area contributed by atoms with Crippen LogP contribution in [0, 0.1) is 11.8 Å².